The zero-order valence-electron chi connectivity index (χ0n) is 10.5. The second kappa shape index (κ2) is 6.26. The van der Waals surface area contributed by atoms with Crippen molar-refractivity contribution in [3.8, 4) is 0 Å². The summed E-state index contributed by atoms with van der Waals surface area (Å²) < 4.78 is 27.3. The molecule has 100 valence electrons. The molecule has 0 aliphatic rings. The largest absolute Gasteiger partial charge is 0.306 e. The number of nitrogens with one attached hydrogen (secondary N) is 1. The Bertz CT molecular complexity index is 572. The zero-order valence-corrected chi connectivity index (χ0v) is 12.0. The minimum Gasteiger partial charge on any atom is -0.306 e. The van der Waals surface area contributed by atoms with E-state index in [1.807, 2.05) is 31.2 Å². The van der Waals surface area contributed by atoms with Crippen LogP contribution in [0.3, 0.4) is 0 Å². The topological polar surface area (TPSA) is 12.0 Å². The average molecular weight is 326 g/mol. The number of rotatable bonds is 4. The van der Waals surface area contributed by atoms with Crippen LogP contribution >= 0.6 is 15.9 Å². The summed E-state index contributed by atoms with van der Waals surface area (Å²) in [6.07, 6.45) is 0. The lowest BCUT2D eigenvalue weighted by atomic mass is 9.98. The standard InChI is InChI=1S/C15H14BrF2N/c1-2-19-15(11-5-3-4-6-12(11)16)10-7-8-13(17)14(18)9-10/h3-9,15,19H,2H2,1H3. The molecule has 0 radical (unpaired) electrons. The molecular weight excluding hydrogens is 312 g/mol. The average Bonchev–Trinajstić information content (AvgIpc) is 2.40. The van der Waals surface area contributed by atoms with E-state index in [0.717, 1.165) is 22.6 Å². The van der Waals surface area contributed by atoms with Crippen molar-refractivity contribution in [1.29, 1.82) is 0 Å². The third-order valence-electron chi connectivity index (χ3n) is 2.90. The van der Waals surface area contributed by atoms with E-state index in [1.165, 1.54) is 6.07 Å². The predicted octanol–water partition coefficient (Wildman–Crippen LogP) is 4.43. The van der Waals surface area contributed by atoms with Gasteiger partial charge in [0, 0.05) is 4.47 Å². The predicted molar refractivity (Wildman–Crippen MR) is 76.0 cm³/mol. The first kappa shape index (κ1) is 14.2. The van der Waals surface area contributed by atoms with Gasteiger partial charge >= 0.3 is 0 Å². The molecule has 1 nitrogen and oxygen atoms in total. The summed E-state index contributed by atoms with van der Waals surface area (Å²) in [6.45, 7) is 2.70. The lowest BCUT2D eigenvalue weighted by Gasteiger charge is -2.20. The van der Waals surface area contributed by atoms with Crippen molar-refractivity contribution in [2.75, 3.05) is 6.54 Å². The quantitative estimate of drug-likeness (QED) is 0.877. The number of halogens is 3. The van der Waals surface area contributed by atoms with Gasteiger partial charge in [-0.15, -0.1) is 0 Å². The molecule has 19 heavy (non-hydrogen) atoms. The number of hydrogen-bond acceptors (Lipinski definition) is 1. The minimum absolute atomic E-state index is 0.171. The highest BCUT2D eigenvalue weighted by molar-refractivity contribution is 9.10. The Hall–Kier alpha value is -1.26. The van der Waals surface area contributed by atoms with Crippen molar-refractivity contribution < 1.29 is 8.78 Å². The first-order valence-electron chi connectivity index (χ1n) is 6.06. The summed E-state index contributed by atoms with van der Waals surface area (Å²) in [5, 5.41) is 3.28. The van der Waals surface area contributed by atoms with Crippen LogP contribution in [0.4, 0.5) is 8.78 Å². The Kier molecular flexibility index (Phi) is 4.66. The van der Waals surface area contributed by atoms with Crippen molar-refractivity contribution in [2.24, 2.45) is 0 Å². The molecule has 1 N–H and O–H groups in total. The lowest BCUT2D eigenvalue weighted by Crippen LogP contribution is -2.22. The molecule has 1 unspecified atom stereocenters. The van der Waals surface area contributed by atoms with Gasteiger partial charge in [0.15, 0.2) is 11.6 Å². The smallest absolute Gasteiger partial charge is 0.159 e. The van der Waals surface area contributed by atoms with E-state index in [9.17, 15) is 8.78 Å². The molecule has 1 atom stereocenters. The molecule has 0 aliphatic heterocycles. The van der Waals surface area contributed by atoms with Crippen molar-refractivity contribution >= 4 is 15.9 Å². The van der Waals surface area contributed by atoms with Crippen LogP contribution in [0.1, 0.15) is 24.1 Å². The Balaban J connectivity index is 2.45. The number of hydrogen-bond donors (Lipinski definition) is 1. The van der Waals surface area contributed by atoms with Crippen LogP contribution < -0.4 is 5.32 Å². The molecule has 0 saturated carbocycles. The van der Waals surface area contributed by atoms with Gasteiger partial charge in [0.25, 0.3) is 0 Å². The summed E-state index contributed by atoms with van der Waals surface area (Å²) in [6, 6.07) is 11.6. The van der Waals surface area contributed by atoms with Crippen LogP contribution in [0.5, 0.6) is 0 Å². The minimum atomic E-state index is -0.828. The van der Waals surface area contributed by atoms with Crippen LogP contribution in [-0.4, -0.2) is 6.54 Å². The fourth-order valence-electron chi connectivity index (χ4n) is 2.01. The molecule has 2 aromatic carbocycles. The Morgan fingerprint density at radius 1 is 1.11 bits per heavy atom. The van der Waals surface area contributed by atoms with E-state index >= 15 is 0 Å². The molecule has 0 fully saturated rings. The van der Waals surface area contributed by atoms with Crippen LogP contribution in [0.25, 0.3) is 0 Å². The monoisotopic (exact) mass is 325 g/mol. The van der Waals surface area contributed by atoms with Gasteiger partial charge in [0.2, 0.25) is 0 Å². The van der Waals surface area contributed by atoms with Gasteiger partial charge in [0.05, 0.1) is 6.04 Å². The van der Waals surface area contributed by atoms with Gasteiger partial charge < -0.3 is 5.32 Å². The maximum Gasteiger partial charge on any atom is 0.159 e. The third kappa shape index (κ3) is 3.19. The zero-order chi connectivity index (χ0) is 13.8. The van der Waals surface area contributed by atoms with Crippen molar-refractivity contribution in [3.05, 3.63) is 69.7 Å². The third-order valence-corrected chi connectivity index (χ3v) is 3.62. The van der Waals surface area contributed by atoms with Crippen LogP contribution in [0.2, 0.25) is 0 Å². The normalized spacial score (nSPS) is 12.4. The van der Waals surface area contributed by atoms with E-state index < -0.39 is 11.6 Å². The first-order valence-corrected chi connectivity index (χ1v) is 6.85. The van der Waals surface area contributed by atoms with Gasteiger partial charge in [0.1, 0.15) is 0 Å². The summed E-state index contributed by atoms with van der Waals surface area (Å²) in [4.78, 5) is 0. The van der Waals surface area contributed by atoms with E-state index in [0.29, 0.717) is 5.56 Å². The fourth-order valence-corrected chi connectivity index (χ4v) is 2.53. The second-order valence-corrected chi connectivity index (χ2v) is 5.04. The van der Waals surface area contributed by atoms with Crippen molar-refractivity contribution in [3.63, 3.8) is 0 Å². The highest BCUT2D eigenvalue weighted by Gasteiger charge is 2.17. The summed E-state index contributed by atoms with van der Waals surface area (Å²) >= 11 is 3.49. The highest BCUT2D eigenvalue weighted by atomic mass is 79.9. The molecular formula is C15H14BrF2N. The van der Waals surface area contributed by atoms with Gasteiger partial charge in [-0.05, 0) is 35.9 Å². The second-order valence-electron chi connectivity index (χ2n) is 4.19. The molecule has 0 aromatic heterocycles. The van der Waals surface area contributed by atoms with E-state index in [1.54, 1.807) is 6.07 Å². The molecule has 2 rings (SSSR count). The molecule has 0 bridgehead atoms. The summed E-state index contributed by atoms with van der Waals surface area (Å²) in [5.74, 6) is -1.65. The molecule has 4 heteroatoms. The maximum absolute atomic E-state index is 13.4. The molecule has 0 amide bonds. The Labute approximate surface area is 119 Å². The highest BCUT2D eigenvalue weighted by Crippen LogP contribution is 2.29. The molecule has 2 aromatic rings. The van der Waals surface area contributed by atoms with Crippen molar-refractivity contribution in [2.45, 2.75) is 13.0 Å². The van der Waals surface area contributed by atoms with E-state index in [4.69, 9.17) is 0 Å². The van der Waals surface area contributed by atoms with Gasteiger partial charge in [-0.3, -0.25) is 0 Å². The molecule has 0 heterocycles. The molecule has 0 spiro atoms. The van der Waals surface area contributed by atoms with E-state index in [-0.39, 0.29) is 6.04 Å². The Morgan fingerprint density at radius 3 is 2.47 bits per heavy atom. The number of benzene rings is 2. The lowest BCUT2D eigenvalue weighted by molar-refractivity contribution is 0.504. The Morgan fingerprint density at radius 2 is 1.84 bits per heavy atom. The maximum atomic E-state index is 13.4. The van der Waals surface area contributed by atoms with Gasteiger partial charge in [-0.2, -0.15) is 0 Å². The summed E-state index contributed by atoms with van der Waals surface area (Å²) in [7, 11) is 0. The van der Waals surface area contributed by atoms with Crippen LogP contribution in [0.15, 0.2) is 46.9 Å². The molecule has 0 saturated heterocycles. The SMILES string of the molecule is CCNC(c1ccc(F)c(F)c1)c1ccccc1Br. The first-order chi connectivity index (χ1) is 9.13. The fraction of sp³-hybridized carbons (Fsp3) is 0.200. The van der Waals surface area contributed by atoms with Crippen LogP contribution in [-0.2, 0) is 0 Å². The van der Waals surface area contributed by atoms with Crippen molar-refractivity contribution in [1.82, 2.24) is 5.32 Å². The summed E-state index contributed by atoms with van der Waals surface area (Å²) in [5.41, 5.74) is 1.70. The van der Waals surface area contributed by atoms with Gasteiger partial charge in [-0.1, -0.05) is 47.1 Å². The van der Waals surface area contributed by atoms with Gasteiger partial charge in [-0.25, -0.2) is 8.78 Å². The van der Waals surface area contributed by atoms with Crippen LogP contribution in [0, 0.1) is 11.6 Å². The molecule has 0 aliphatic carbocycles. The van der Waals surface area contributed by atoms with E-state index in [2.05, 4.69) is 21.2 Å².